The summed E-state index contributed by atoms with van der Waals surface area (Å²) >= 11 is 0. The number of nitro benzene ring substituents is 2. The van der Waals surface area contributed by atoms with Gasteiger partial charge in [0.15, 0.2) is 5.78 Å². The van der Waals surface area contributed by atoms with Crippen molar-refractivity contribution in [1.29, 1.82) is 0 Å². The first kappa shape index (κ1) is 14.9. The molecule has 0 heterocycles. The van der Waals surface area contributed by atoms with Gasteiger partial charge in [0.2, 0.25) is 0 Å². The summed E-state index contributed by atoms with van der Waals surface area (Å²) in [6, 6.07) is 7.12. The van der Waals surface area contributed by atoms with Crippen LogP contribution in [0.1, 0.15) is 15.9 Å². The molecule has 0 aromatic heterocycles. The molecule has 0 saturated carbocycles. The van der Waals surface area contributed by atoms with E-state index in [0.29, 0.717) is 0 Å². The van der Waals surface area contributed by atoms with E-state index in [4.69, 9.17) is 11.5 Å². The van der Waals surface area contributed by atoms with E-state index in [1.165, 1.54) is 24.3 Å². The van der Waals surface area contributed by atoms with Crippen LogP contribution < -0.4 is 11.5 Å². The van der Waals surface area contributed by atoms with Gasteiger partial charge in [-0.15, -0.1) is 0 Å². The Morgan fingerprint density at radius 1 is 0.818 bits per heavy atom. The average Bonchev–Trinajstić information content (AvgIpc) is 2.45. The summed E-state index contributed by atoms with van der Waals surface area (Å²) in [5, 5.41) is 21.4. The zero-order valence-electron chi connectivity index (χ0n) is 11.1. The van der Waals surface area contributed by atoms with Crippen molar-refractivity contribution in [2.75, 3.05) is 11.5 Å². The predicted octanol–water partition coefficient (Wildman–Crippen LogP) is 1.90. The van der Waals surface area contributed by atoms with Crippen molar-refractivity contribution in [3.63, 3.8) is 0 Å². The van der Waals surface area contributed by atoms with Gasteiger partial charge in [-0.2, -0.15) is 0 Å². The van der Waals surface area contributed by atoms with E-state index in [2.05, 4.69) is 0 Å². The van der Waals surface area contributed by atoms with Gasteiger partial charge in [0.1, 0.15) is 11.4 Å². The molecule has 0 bridgehead atoms. The van der Waals surface area contributed by atoms with Crippen LogP contribution in [-0.4, -0.2) is 15.6 Å². The molecule has 22 heavy (non-hydrogen) atoms. The van der Waals surface area contributed by atoms with Gasteiger partial charge in [-0.3, -0.25) is 25.0 Å². The minimum atomic E-state index is -0.659. The fraction of sp³-hybridized carbons (Fsp3) is 0. The molecule has 112 valence electrons. The Labute approximate surface area is 123 Å². The molecular formula is C13H10N4O5. The van der Waals surface area contributed by atoms with Crippen molar-refractivity contribution >= 4 is 28.5 Å². The molecule has 0 aliphatic heterocycles. The molecule has 0 unspecified atom stereocenters. The zero-order chi connectivity index (χ0) is 16.4. The maximum absolute atomic E-state index is 12.3. The minimum Gasteiger partial charge on any atom is -0.393 e. The monoisotopic (exact) mass is 302 g/mol. The normalized spacial score (nSPS) is 10.2. The number of rotatable bonds is 4. The summed E-state index contributed by atoms with van der Waals surface area (Å²) in [6.45, 7) is 0. The van der Waals surface area contributed by atoms with Crippen LogP contribution in [0.5, 0.6) is 0 Å². The van der Waals surface area contributed by atoms with E-state index in [1.54, 1.807) is 0 Å². The lowest BCUT2D eigenvalue weighted by Crippen LogP contribution is -2.05. The Morgan fingerprint density at radius 3 is 1.45 bits per heavy atom. The smallest absolute Gasteiger partial charge is 0.292 e. The van der Waals surface area contributed by atoms with Crippen molar-refractivity contribution < 1.29 is 14.6 Å². The summed E-state index contributed by atoms with van der Waals surface area (Å²) in [4.78, 5) is 32.3. The van der Waals surface area contributed by atoms with Gasteiger partial charge in [0.25, 0.3) is 11.4 Å². The molecule has 2 aromatic carbocycles. The molecule has 4 N–H and O–H groups in total. The number of nitrogen functional groups attached to an aromatic ring is 2. The second-order valence-electron chi connectivity index (χ2n) is 4.39. The van der Waals surface area contributed by atoms with Crippen molar-refractivity contribution in [2.45, 2.75) is 0 Å². The molecule has 0 spiro atoms. The van der Waals surface area contributed by atoms with E-state index >= 15 is 0 Å². The molecule has 0 aliphatic rings. The van der Waals surface area contributed by atoms with Crippen LogP contribution in [-0.2, 0) is 0 Å². The molecule has 0 fully saturated rings. The summed E-state index contributed by atoms with van der Waals surface area (Å²) in [5.74, 6) is -0.497. The lowest BCUT2D eigenvalue weighted by molar-refractivity contribution is -0.384. The number of anilines is 2. The average molecular weight is 302 g/mol. The molecule has 0 radical (unpaired) electrons. The lowest BCUT2D eigenvalue weighted by atomic mass is 10.0. The quantitative estimate of drug-likeness (QED) is 0.378. The van der Waals surface area contributed by atoms with Gasteiger partial charge >= 0.3 is 0 Å². The van der Waals surface area contributed by atoms with Crippen LogP contribution in [0.2, 0.25) is 0 Å². The second-order valence-corrected chi connectivity index (χ2v) is 4.39. The third-order valence-corrected chi connectivity index (χ3v) is 2.97. The van der Waals surface area contributed by atoms with Gasteiger partial charge in [-0.25, -0.2) is 0 Å². The Hall–Kier alpha value is -3.49. The van der Waals surface area contributed by atoms with Crippen LogP contribution in [0.4, 0.5) is 22.7 Å². The number of carbonyl (C=O) groups excluding carboxylic acids is 1. The van der Waals surface area contributed by atoms with Crippen molar-refractivity contribution in [2.24, 2.45) is 0 Å². The number of carbonyl (C=O) groups is 1. The van der Waals surface area contributed by atoms with Crippen LogP contribution in [0.3, 0.4) is 0 Å². The highest BCUT2D eigenvalue weighted by Crippen LogP contribution is 2.26. The van der Waals surface area contributed by atoms with E-state index in [0.717, 1.165) is 12.1 Å². The lowest BCUT2D eigenvalue weighted by Gasteiger charge is -2.04. The summed E-state index contributed by atoms with van der Waals surface area (Å²) in [6.07, 6.45) is 0. The molecule has 9 heteroatoms. The Balaban J connectivity index is 2.40. The molecule has 0 amide bonds. The SMILES string of the molecule is Nc1cc(C(=O)c2ccc([N+](=O)[O-])c(N)c2)ccc1[N+](=O)[O-]. The molecule has 0 aliphatic carbocycles. The summed E-state index contributed by atoms with van der Waals surface area (Å²) in [5.41, 5.74) is 10.4. The number of nitro groups is 2. The highest BCUT2D eigenvalue weighted by atomic mass is 16.6. The van der Waals surface area contributed by atoms with Crippen LogP contribution >= 0.6 is 0 Å². The van der Waals surface area contributed by atoms with Crippen molar-refractivity contribution in [1.82, 2.24) is 0 Å². The third-order valence-electron chi connectivity index (χ3n) is 2.97. The van der Waals surface area contributed by atoms with Crippen LogP contribution in [0.15, 0.2) is 36.4 Å². The molecular weight excluding hydrogens is 292 g/mol. The fourth-order valence-electron chi connectivity index (χ4n) is 1.89. The Morgan fingerprint density at radius 2 is 1.18 bits per heavy atom. The minimum absolute atomic E-state index is 0.122. The summed E-state index contributed by atoms with van der Waals surface area (Å²) in [7, 11) is 0. The first-order valence-corrected chi connectivity index (χ1v) is 5.94. The van der Waals surface area contributed by atoms with E-state index < -0.39 is 15.6 Å². The number of hydrogen-bond donors (Lipinski definition) is 2. The maximum Gasteiger partial charge on any atom is 0.292 e. The molecule has 0 saturated heterocycles. The second kappa shape index (κ2) is 5.48. The third kappa shape index (κ3) is 2.68. The van der Waals surface area contributed by atoms with Gasteiger partial charge in [0, 0.05) is 23.3 Å². The largest absolute Gasteiger partial charge is 0.393 e. The number of nitrogens with two attached hydrogens (primary N) is 2. The maximum atomic E-state index is 12.3. The van der Waals surface area contributed by atoms with Crippen LogP contribution in [0.25, 0.3) is 0 Å². The summed E-state index contributed by atoms with van der Waals surface area (Å²) < 4.78 is 0. The highest BCUT2D eigenvalue weighted by Gasteiger charge is 2.18. The van der Waals surface area contributed by atoms with Gasteiger partial charge in [-0.05, 0) is 24.3 Å². The number of hydrogen-bond acceptors (Lipinski definition) is 7. The van der Waals surface area contributed by atoms with Crippen LogP contribution in [0, 0.1) is 20.2 Å². The van der Waals surface area contributed by atoms with Gasteiger partial charge in [-0.1, -0.05) is 0 Å². The van der Waals surface area contributed by atoms with Crippen molar-refractivity contribution in [3.8, 4) is 0 Å². The Kier molecular flexibility index (Phi) is 3.71. The standard InChI is InChI=1S/C13H10N4O5/c14-9-5-7(1-3-11(9)16(19)20)13(18)8-2-4-12(17(21)22)10(15)6-8/h1-6H,14-15H2. The number of nitrogens with zero attached hydrogens (tertiary/aromatic N) is 2. The highest BCUT2D eigenvalue weighted by molar-refractivity contribution is 6.10. The van der Waals surface area contributed by atoms with Crippen molar-refractivity contribution in [3.05, 3.63) is 67.8 Å². The number of ketones is 1. The first-order valence-electron chi connectivity index (χ1n) is 5.94. The molecule has 2 aromatic rings. The Bertz CT molecular complexity index is 738. The van der Waals surface area contributed by atoms with E-state index in [-0.39, 0.29) is 33.9 Å². The molecule has 2 rings (SSSR count). The predicted molar refractivity (Wildman–Crippen MR) is 78.5 cm³/mol. The fourth-order valence-corrected chi connectivity index (χ4v) is 1.89. The van der Waals surface area contributed by atoms with Gasteiger partial charge < -0.3 is 11.5 Å². The molecule has 0 atom stereocenters. The topological polar surface area (TPSA) is 155 Å². The molecule has 9 nitrogen and oxygen atoms in total. The van der Waals surface area contributed by atoms with E-state index in [1.807, 2.05) is 0 Å². The van der Waals surface area contributed by atoms with E-state index in [9.17, 15) is 25.0 Å². The van der Waals surface area contributed by atoms with Gasteiger partial charge in [0.05, 0.1) is 9.85 Å². The number of benzene rings is 2. The zero-order valence-corrected chi connectivity index (χ0v) is 11.1. The first-order chi connectivity index (χ1) is 10.3.